The van der Waals surface area contributed by atoms with Crippen molar-refractivity contribution in [2.75, 3.05) is 19.6 Å². The Kier molecular flexibility index (Phi) is 3.50. The molecule has 1 unspecified atom stereocenters. The molecule has 1 aliphatic carbocycles. The van der Waals surface area contributed by atoms with Crippen LogP contribution < -0.4 is 11.5 Å². The van der Waals surface area contributed by atoms with E-state index in [9.17, 15) is 4.79 Å². The largest absolute Gasteiger partial charge is 0.368 e. The zero-order valence-electron chi connectivity index (χ0n) is 9.12. The van der Waals surface area contributed by atoms with Gasteiger partial charge in [-0.1, -0.05) is 6.92 Å². The molecule has 0 radical (unpaired) electrons. The maximum atomic E-state index is 11.0. The van der Waals surface area contributed by atoms with Crippen LogP contribution in [-0.2, 0) is 4.79 Å². The summed E-state index contributed by atoms with van der Waals surface area (Å²) < 4.78 is 0. The fourth-order valence-electron chi connectivity index (χ4n) is 1.51. The molecule has 82 valence electrons. The van der Waals surface area contributed by atoms with Crippen molar-refractivity contribution in [3.05, 3.63) is 0 Å². The lowest BCUT2D eigenvalue weighted by molar-refractivity contribution is -0.123. The lowest BCUT2D eigenvalue weighted by atomic mass is 10.0. The second-order valence-corrected chi connectivity index (χ2v) is 4.55. The molecular formula is C10H21N3O. The summed E-state index contributed by atoms with van der Waals surface area (Å²) in [5, 5.41) is 0. The molecule has 4 N–H and O–H groups in total. The number of carbonyl (C=O) groups is 1. The molecular weight excluding hydrogens is 178 g/mol. The summed E-state index contributed by atoms with van der Waals surface area (Å²) >= 11 is 0. The Morgan fingerprint density at radius 3 is 2.50 bits per heavy atom. The van der Waals surface area contributed by atoms with E-state index in [0.717, 1.165) is 19.0 Å². The van der Waals surface area contributed by atoms with Gasteiger partial charge >= 0.3 is 0 Å². The minimum Gasteiger partial charge on any atom is -0.368 e. The Morgan fingerprint density at radius 2 is 2.14 bits per heavy atom. The number of carbonyl (C=O) groups excluding carboxylic acids is 1. The summed E-state index contributed by atoms with van der Waals surface area (Å²) in [6.07, 6.45) is 2.63. The minimum absolute atomic E-state index is 0.424. The van der Waals surface area contributed by atoms with E-state index in [2.05, 4.69) is 11.8 Å². The van der Waals surface area contributed by atoms with Crippen LogP contribution in [0.3, 0.4) is 0 Å². The van der Waals surface area contributed by atoms with Gasteiger partial charge in [-0.05, 0) is 32.2 Å². The summed E-state index contributed by atoms with van der Waals surface area (Å²) in [7, 11) is 0. The van der Waals surface area contributed by atoms with Gasteiger partial charge in [-0.25, -0.2) is 0 Å². The van der Waals surface area contributed by atoms with Crippen LogP contribution in [0.4, 0.5) is 0 Å². The Morgan fingerprint density at radius 1 is 1.57 bits per heavy atom. The smallest absolute Gasteiger partial charge is 0.238 e. The third kappa shape index (κ3) is 3.27. The quantitative estimate of drug-likeness (QED) is 0.628. The molecule has 0 heterocycles. The highest BCUT2D eigenvalue weighted by Gasteiger charge is 2.31. The van der Waals surface area contributed by atoms with Crippen LogP contribution >= 0.6 is 0 Å². The molecule has 4 nitrogen and oxygen atoms in total. The average Bonchev–Trinajstić information content (AvgIpc) is 2.86. The van der Waals surface area contributed by atoms with Gasteiger partial charge in [0.15, 0.2) is 0 Å². The monoisotopic (exact) mass is 199 g/mol. The number of primary amides is 1. The van der Waals surface area contributed by atoms with Gasteiger partial charge in [0.2, 0.25) is 5.91 Å². The first-order valence-electron chi connectivity index (χ1n) is 5.27. The van der Waals surface area contributed by atoms with Crippen molar-refractivity contribution in [1.82, 2.24) is 4.90 Å². The zero-order chi connectivity index (χ0) is 10.8. The summed E-state index contributed by atoms with van der Waals surface area (Å²) in [6.45, 7) is 6.33. The molecule has 0 bridgehead atoms. The minimum atomic E-state index is -0.898. The molecule has 0 aliphatic heterocycles. The van der Waals surface area contributed by atoms with Crippen LogP contribution in [0, 0.1) is 5.92 Å². The average molecular weight is 199 g/mol. The number of hydrogen-bond donors (Lipinski definition) is 2. The molecule has 14 heavy (non-hydrogen) atoms. The highest BCUT2D eigenvalue weighted by Crippen LogP contribution is 2.29. The van der Waals surface area contributed by atoms with Crippen LogP contribution in [0.5, 0.6) is 0 Å². The molecule has 0 spiro atoms. The van der Waals surface area contributed by atoms with Crippen LogP contribution in [0.25, 0.3) is 0 Å². The third-order valence-corrected chi connectivity index (χ3v) is 2.78. The Labute approximate surface area is 85.6 Å². The Hall–Kier alpha value is -0.610. The van der Waals surface area contributed by atoms with Crippen LogP contribution in [0.15, 0.2) is 0 Å². The van der Waals surface area contributed by atoms with Crippen molar-refractivity contribution < 1.29 is 4.79 Å². The van der Waals surface area contributed by atoms with Gasteiger partial charge in [-0.3, -0.25) is 4.79 Å². The number of nitrogens with zero attached hydrogens (tertiary/aromatic N) is 1. The van der Waals surface area contributed by atoms with Gasteiger partial charge in [-0.15, -0.1) is 0 Å². The van der Waals surface area contributed by atoms with E-state index in [4.69, 9.17) is 11.5 Å². The van der Waals surface area contributed by atoms with E-state index in [1.54, 1.807) is 6.92 Å². The summed E-state index contributed by atoms with van der Waals surface area (Å²) in [4.78, 5) is 13.3. The second kappa shape index (κ2) is 4.28. The SMILES string of the molecule is CCN(CC1CC1)CC(C)(N)C(N)=O. The summed E-state index contributed by atoms with van der Waals surface area (Å²) in [5.41, 5.74) is 10.1. The first kappa shape index (κ1) is 11.5. The predicted octanol–water partition coefficient (Wildman–Crippen LogP) is -0.0790. The molecule has 1 saturated carbocycles. The van der Waals surface area contributed by atoms with Crippen molar-refractivity contribution in [3.8, 4) is 0 Å². The molecule has 1 fully saturated rings. The number of nitrogens with two attached hydrogens (primary N) is 2. The molecule has 1 atom stereocenters. The first-order valence-corrected chi connectivity index (χ1v) is 5.27. The van der Waals surface area contributed by atoms with E-state index in [0.29, 0.717) is 6.54 Å². The topological polar surface area (TPSA) is 72.3 Å². The highest BCUT2D eigenvalue weighted by molar-refractivity contribution is 5.84. The number of hydrogen-bond acceptors (Lipinski definition) is 3. The van der Waals surface area contributed by atoms with Crippen LogP contribution in [-0.4, -0.2) is 36.0 Å². The van der Waals surface area contributed by atoms with Crippen molar-refractivity contribution in [2.45, 2.75) is 32.2 Å². The van der Waals surface area contributed by atoms with Gasteiger partial charge in [0, 0.05) is 13.1 Å². The van der Waals surface area contributed by atoms with E-state index in [-0.39, 0.29) is 0 Å². The zero-order valence-corrected chi connectivity index (χ0v) is 9.12. The molecule has 0 aromatic heterocycles. The molecule has 0 aromatic carbocycles. The first-order chi connectivity index (χ1) is 6.45. The van der Waals surface area contributed by atoms with Crippen LogP contribution in [0.1, 0.15) is 26.7 Å². The normalized spacial score (nSPS) is 20.9. The molecule has 0 aromatic rings. The fourth-order valence-corrected chi connectivity index (χ4v) is 1.51. The summed E-state index contributed by atoms with van der Waals surface area (Å²) in [6, 6.07) is 0. The van der Waals surface area contributed by atoms with E-state index >= 15 is 0 Å². The van der Waals surface area contributed by atoms with Crippen LogP contribution in [0.2, 0.25) is 0 Å². The van der Waals surface area contributed by atoms with Crippen molar-refractivity contribution in [1.29, 1.82) is 0 Å². The van der Waals surface area contributed by atoms with Crippen molar-refractivity contribution in [2.24, 2.45) is 17.4 Å². The molecule has 4 heteroatoms. The third-order valence-electron chi connectivity index (χ3n) is 2.78. The molecule has 0 saturated heterocycles. The maximum absolute atomic E-state index is 11.0. The fraction of sp³-hybridized carbons (Fsp3) is 0.900. The van der Waals surface area contributed by atoms with Gasteiger partial charge in [0.25, 0.3) is 0 Å². The van der Waals surface area contributed by atoms with Crippen molar-refractivity contribution in [3.63, 3.8) is 0 Å². The number of amides is 1. The maximum Gasteiger partial charge on any atom is 0.238 e. The lowest BCUT2D eigenvalue weighted by Crippen LogP contribution is -2.57. The van der Waals surface area contributed by atoms with E-state index in [1.807, 2.05) is 0 Å². The van der Waals surface area contributed by atoms with E-state index in [1.165, 1.54) is 12.8 Å². The van der Waals surface area contributed by atoms with Gasteiger partial charge in [0.05, 0.1) is 0 Å². The molecule has 1 aliphatic rings. The summed E-state index contributed by atoms with van der Waals surface area (Å²) in [5.74, 6) is 0.394. The standard InChI is InChI=1S/C10H21N3O/c1-3-13(6-8-4-5-8)7-10(2,12)9(11)14/h8H,3-7,12H2,1-2H3,(H2,11,14). The van der Waals surface area contributed by atoms with Gasteiger partial charge in [-0.2, -0.15) is 0 Å². The Balaban J connectivity index is 2.41. The highest BCUT2D eigenvalue weighted by atomic mass is 16.1. The lowest BCUT2D eigenvalue weighted by Gasteiger charge is -2.29. The Bertz CT molecular complexity index is 211. The number of rotatable bonds is 6. The molecule has 1 rings (SSSR count). The number of likely N-dealkylation sites (N-methyl/N-ethyl adjacent to an activating group) is 1. The van der Waals surface area contributed by atoms with Crippen molar-refractivity contribution >= 4 is 5.91 Å². The van der Waals surface area contributed by atoms with Gasteiger partial charge < -0.3 is 16.4 Å². The van der Waals surface area contributed by atoms with E-state index < -0.39 is 11.4 Å². The predicted molar refractivity (Wildman–Crippen MR) is 56.6 cm³/mol. The second-order valence-electron chi connectivity index (χ2n) is 4.55. The van der Waals surface area contributed by atoms with Gasteiger partial charge in [0.1, 0.15) is 5.54 Å². The molecule has 1 amide bonds.